The minimum absolute atomic E-state index is 1.16. The Hall–Kier alpha value is -2.08. The summed E-state index contributed by atoms with van der Waals surface area (Å²) in [6.45, 7) is 0. The summed E-state index contributed by atoms with van der Waals surface area (Å²) in [5, 5.41) is 0. The lowest BCUT2D eigenvalue weighted by Crippen LogP contribution is -1.71. The van der Waals surface area contributed by atoms with Crippen LogP contribution >= 0.6 is 0 Å². The minimum atomic E-state index is 1.16. The SMILES string of the molecule is C1=CCC/C=C\CC/C=C\CC/C=C\CC/C=C\CC/C=C\CC/C=C\CC/C=C\CC1. The first-order valence-corrected chi connectivity index (χ1v) is 13.2. The molecule has 0 spiro atoms. The first-order valence-electron chi connectivity index (χ1n) is 13.2. The maximum atomic E-state index is 2.34. The summed E-state index contributed by atoms with van der Waals surface area (Å²) < 4.78 is 0. The molecule has 0 amide bonds. The van der Waals surface area contributed by atoms with Gasteiger partial charge in [0, 0.05) is 0 Å². The molecule has 0 bridgehead atoms. The van der Waals surface area contributed by atoms with E-state index < -0.39 is 0 Å². The summed E-state index contributed by atoms with van der Waals surface area (Å²) in [6.07, 6.45) is 56.0. The molecule has 0 N–H and O–H groups in total. The van der Waals surface area contributed by atoms with Crippen molar-refractivity contribution in [3.05, 3.63) is 97.2 Å². The van der Waals surface area contributed by atoms with Crippen LogP contribution in [0.15, 0.2) is 97.2 Å². The number of rotatable bonds is 0. The second-order valence-corrected chi connectivity index (χ2v) is 8.39. The maximum Gasteiger partial charge on any atom is -0.0316 e. The monoisotopic (exact) mass is 432 g/mol. The standard InChI is InChI=1S/C32H48/c1-2-4-6-8-10-12-14-16-18-20-22-24-26-28-30-32-31-29-27-25-23-21-19-17-15-13-11-9-7-5-3-1/h1-2,7-10,15-18,23-26,31-32H,3-6,11-14,19-22,27-30H2/b2-1-,9-7-,10-8-,17-15-,18-16-,25-23-,26-24-,32-31?. The number of hydrogen-bond acceptors (Lipinski definition) is 0. The van der Waals surface area contributed by atoms with Gasteiger partial charge in [-0.3, -0.25) is 0 Å². The van der Waals surface area contributed by atoms with Gasteiger partial charge in [0.15, 0.2) is 0 Å². The topological polar surface area (TPSA) is 0 Å². The van der Waals surface area contributed by atoms with Crippen LogP contribution in [-0.2, 0) is 0 Å². The van der Waals surface area contributed by atoms with Crippen LogP contribution in [0.3, 0.4) is 0 Å². The zero-order valence-corrected chi connectivity index (χ0v) is 20.6. The van der Waals surface area contributed by atoms with Gasteiger partial charge < -0.3 is 0 Å². The van der Waals surface area contributed by atoms with E-state index >= 15 is 0 Å². The highest BCUT2D eigenvalue weighted by Crippen LogP contribution is 2.04. The summed E-state index contributed by atoms with van der Waals surface area (Å²) >= 11 is 0. The molecule has 0 heteroatoms. The van der Waals surface area contributed by atoms with Gasteiger partial charge in [-0.05, 0) is 103 Å². The van der Waals surface area contributed by atoms with Crippen LogP contribution < -0.4 is 0 Å². The fourth-order valence-corrected chi connectivity index (χ4v) is 3.43. The Kier molecular flexibility index (Phi) is 22.0. The molecular weight excluding hydrogens is 384 g/mol. The largest absolute Gasteiger partial charge is 0.0882 e. The molecule has 1 rings (SSSR count). The van der Waals surface area contributed by atoms with Crippen molar-refractivity contribution >= 4 is 0 Å². The van der Waals surface area contributed by atoms with Crippen LogP contribution in [-0.4, -0.2) is 0 Å². The first kappa shape index (κ1) is 28.0. The zero-order valence-electron chi connectivity index (χ0n) is 20.6. The Labute approximate surface area is 200 Å². The highest BCUT2D eigenvalue weighted by Gasteiger charge is 1.84. The van der Waals surface area contributed by atoms with E-state index in [1.54, 1.807) is 0 Å². The molecule has 0 aliphatic heterocycles. The third-order valence-electron chi connectivity index (χ3n) is 5.33. The van der Waals surface area contributed by atoms with Crippen molar-refractivity contribution in [1.29, 1.82) is 0 Å². The molecule has 176 valence electrons. The van der Waals surface area contributed by atoms with Gasteiger partial charge in [0.1, 0.15) is 0 Å². The van der Waals surface area contributed by atoms with E-state index in [1.807, 2.05) is 0 Å². The quantitative estimate of drug-likeness (QED) is 0.334. The molecule has 1 aliphatic carbocycles. The summed E-state index contributed by atoms with van der Waals surface area (Å²) in [7, 11) is 0. The fraction of sp³-hybridized carbons (Fsp3) is 0.500. The molecular formula is C32H48. The molecule has 0 aromatic rings. The van der Waals surface area contributed by atoms with Crippen molar-refractivity contribution in [2.24, 2.45) is 0 Å². The smallest absolute Gasteiger partial charge is 0.0316 e. The summed E-state index contributed by atoms with van der Waals surface area (Å²) in [4.78, 5) is 0. The van der Waals surface area contributed by atoms with Gasteiger partial charge >= 0.3 is 0 Å². The lowest BCUT2D eigenvalue weighted by atomic mass is 10.1. The van der Waals surface area contributed by atoms with Crippen LogP contribution in [0.25, 0.3) is 0 Å². The van der Waals surface area contributed by atoms with Crippen molar-refractivity contribution in [1.82, 2.24) is 0 Å². The third kappa shape index (κ3) is 22.6. The van der Waals surface area contributed by atoms with Gasteiger partial charge in [0.2, 0.25) is 0 Å². The Balaban J connectivity index is 2.29. The van der Waals surface area contributed by atoms with E-state index in [0.29, 0.717) is 0 Å². The van der Waals surface area contributed by atoms with Crippen molar-refractivity contribution in [2.75, 3.05) is 0 Å². The van der Waals surface area contributed by atoms with Crippen molar-refractivity contribution < 1.29 is 0 Å². The Morgan fingerprint density at radius 1 is 0.125 bits per heavy atom. The predicted octanol–water partition coefficient (Wildman–Crippen LogP) is 10.7. The zero-order chi connectivity index (χ0) is 22.6. The van der Waals surface area contributed by atoms with Crippen molar-refractivity contribution in [3.8, 4) is 0 Å². The summed E-state index contributed by atoms with van der Waals surface area (Å²) in [6, 6.07) is 0. The molecule has 0 saturated carbocycles. The van der Waals surface area contributed by atoms with E-state index in [2.05, 4.69) is 97.2 Å². The molecule has 0 nitrogen and oxygen atoms in total. The van der Waals surface area contributed by atoms with Gasteiger partial charge in [-0.25, -0.2) is 0 Å². The van der Waals surface area contributed by atoms with E-state index in [-0.39, 0.29) is 0 Å². The third-order valence-corrected chi connectivity index (χ3v) is 5.33. The van der Waals surface area contributed by atoms with Crippen LogP contribution in [0.4, 0.5) is 0 Å². The summed E-state index contributed by atoms with van der Waals surface area (Å²) in [5.74, 6) is 0. The normalized spacial score (nSPS) is 27.0. The Morgan fingerprint density at radius 2 is 0.188 bits per heavy atom. The second-order valence-electron chi connectivity index (χ2n) is 8.39. The van der Waals surface area contributed by atoms with Gasteiger partial charge in [-0.15, -0.1) is 0 Å². The predicted molar refractivity (Wildman–Crippen MR) is 147 cm³/mol. The molecule has 1 aliphatic rings. The van der Waals surface area contributed by atoms with E-state index in [0.717, 1.165) is 103 Å². The van der Waals surface area contributed by atoms with E-state index in [4.69, 9.17) is 0 Å². The van der Waals surface area contributed by atoms with Crippen molar-refractivity contribution in [2.45, 2.75) is 103 Å². The Bertz CT molecular complexity index is 402. The van der Waals surface area contributed by atoms with Crippen molar-refractivity contribution in [3.63, 3.8) is 0 Å². The summed E-state index contributed by atoms with van der Waals surface area (Å²) in [5.41, 5.74) is 0. The number of hydrogen-bond donors (Lipinski definition) is 0. The van der Waals surface area contributed by atoms with Gasteiger partial charge in [-0.2, -0.15) is 0 Å². The van der Waals surface area contributed by atoms with E-state index in [9.17, 15) is 0 Å². The molecule has 0 heterocycles. The fourth-order valence-electron chi connectivity index (χ4n) is 3.43. The maximum absolute atomic E-state index is 2.34. The lowest BCUT2D eigenvalue weighted by Gasteiger charge is -1.92. The molecule has 0 aromatic heterocycles. The molecule has 0 aromatic carbocycles. The van der Waals surface area contributed by atoms with E-state index in [1.165, 1.54) is 0 Å². The van der Waals surface area contributed by atoms with Gasteiger partial charge in [0.05, 0.1) is 0 Å². The molecule has 32 heavy (non-hydrogen) atoms. The highest BCUT2D eigenvalue weighted by molar-refractivity contribution is 4.95. The molecule has 0 radical (unpaired) electrons. The van der Waals surface area contributed by atoms with Crippen LogP contribution in [0, 0.1) is 0 Å². The first-order chi connectivity index (χ1) is 16.0. The number of allylic oxidation sites excluding steroid dienone is 16. The average Bonchev–Trinajstić information content (AvgIpc) is 2.80. The minimum Gasteiger partial charge on any atom is -0.0882 e. The average molecular weight is 433 g/mol. The van der Waals surface area contributed by atoms with Gasteiger partial charge in [0.25, 0.3) is 0 Å². The van der Waals surface area contributed by atoms with Gasteiger partial charge in [-0.1, -0.05) is 97.2 Å². The molecule has 0 saturated heterocycles. The second kappa shape index (κ2) is 25.2. The molecule has 0 atom stereocenters. The van der Waals surface area contributed by atoms with Crippen LogP contribution in [0.1, 0.15) is 103 Å². The highest BCUT2D eigenvalue weighted by atomic mass is 13.9. The van der Waals surface area contributed by atoms with Crippen LogP contribution in [0.5, 0.6) is 0 Å². The Morgan fingerprint density at radius 3 is 0.250 bits per heavy atom. The molecule has 0 unspecified atom stereocenters. The lowest BCUT2D eigenvalue weighted by molar-refractivity contribution is 0.962. The molecule has 0 fully saturated rings. The van der Waals surface area contributed by atoms with Crippen LogP contribution in [0.2, 0.25) is 0 Å².